The Morgan fingerprint density at radius 1 is 1.22 bits per heavy atom. The molecular formula is C25H28BrN3O3. The predicted octanol–water partition coefficient (Wildman–Crippen LogP) is 5.11. The first-order chi connectivity index (χ1) is 15.4. The van der Waals surface area contributed by atoms with Crippen molar-refractivity contribution in [1.29, 1.82) is 0 Å². The average Bonchev–Trinajstić information content (AvgIpc) is 3.36. The summed E-state index contributed by atoms with van der Waals surface area (Å²) >= 11 is 3.60. The van der Waals surface area contributed by atoms with Gasteiger partial charge in [-0.05, 0) is 50.2 Å². The highest BCUT2D eigenvalue weighted by Gasteiger charge is 2.48. The van der Waals surface area contributed by atoms with E-state index in [1.807, 2.05) is 41.8 Å². The number of halogens is 1. The molecule has 1 aromatic carbocycles. The maximum absolute atomic E-state index is 13.8. The van der Waals surface area contributed by atoms with E-state index in [2.05, 4.69) is 28.2 Å². The molecule has 0 bridgehead atoms. The molecule has 2 aromatic heterocycles. The Morgan fingerprint density at radius 2 is 1.97 bits per heavy atom. The summed E-state index contributed by atoms with van der Waals surface area (Å²) in [5, 5.41) is 3.28. The minimum atomic E-state index is -1.02. The number of fused-ring (bicyclic) bond motifs is 3. The van der Waals surface area contributed by atoms with E-state index in [1.165, 1.54) is 0 Å². The van der Waals surface area contributed by atoms with E-state index in [0.29, 0.717) is 30.3 Å². The molecule has 32 heavy (non-hydrogen) atoms. The van der Waals surface area contributed by atoms with Crippen LogP contribution in [0.25, 0.3) is 11.1 Å². The van der Waals surface area contributed by atoms with E-state index >= 15 is 0 Å². The van der Waals surface area contributed by atoms with Crippen LogP contribution in [-0.4, -0.2) is 32.9 Å². The van der Waals surface area contributed by atoms with Gasteiger partial charge in [0.25, 0.3) is 5.91 Å². The van der Waals surface area contributed by atoms with Crippen LogP contribution in [-0.2, 0) is 17.9 Å². The van der Waals surface area contributed by atoms with Gasteiger partial charge in [-0.1, -0.05) is 41.1 Å². The third-order valence-electron chi connectivity index (χ3n) is 7.18. The van der Waals surface area contributed by atoms with Crippen molar-refractivity contribution < 1.29 is 14.0 Å². The molecule has 168 valence electrons. The lowest BCUT2D eigenvalue weighted by molar-refractivity contribution is -0.134. The Labute approximate surface area is 196 Å². The summed E-state index contributed by atoms with van der Waals surface area (Å²) in [5.41, 5.74) is 2.02. The number of hydrogen-bond acceptors (Lipinski definition) is 3. The van der Waals surface area contributed by atoms with Crippen LogP contribution in [0.1, 0.15) is 55.6 Å². The molecule has 0 spiro atoms. The third-order valence-corrected chi connectivity index (χ3v) is 7.95. The number of hydrogen-bond donors (Lipinski definition) is 1. The maximum Gasteiger partial charge on any atom is 0.271 e. The van der Waals surface area contributed by atoms with Crippen LogP contribution < -0.4 is 5.32 Å². The lowest BCUT2D eigenvalue weighted by Gasteiger charge is -2.45. The van der Waals surface area contributed by atoms with Crippen molar-refractivity contribution in [1.82, 2.24) is 14.8 Å². The molecule has 5 rings (SSSR count). The molecule has 2 aliphatic rings. The highest BCUT2D eigenvalue weighted by atomic mass is 79.9. The van der Waals surface area contributed by atoms with Gasteiger partial charge < -0.3 is 19.2 Å². The summed E-state index contributed by atoms with van der Waals surface area (Å²) in [6.07, 6.45) is 5.84. The largest absolute Gasteiger partial charge is 0.463 e. The lowest BCUT2D eigenvalue weighted by Crippen LogP contribution is -2.64. The fourth-order valence-electron chi connectivity index (χ4n) is 5.06. The lowest BCUT2D eigenvalue weighted by atomic mass is 9.86. The topological polar surface area (TPSA) is 67.5 Å². The number of furan rings is 1. The number of benzene rings is 1. The van der Waals surface area contributed by atoms with E-state index in [-0.39, 0.29) is 17.9 Å². The SMILES string of the molecule is CC1CCC(NC(=O)C2(C)Cn3c(cc4occc43)C(=O)N2Cc2ccccc2Br)CC1. The molecule has 1 saturated carbocycles. The number of nitrogens with zero attached hydrogens (tertiary/aromatic N) is 2. The molecule has 2 amide bonds. The number of carbonyl (C=O) groups excluding carboxylic acids is 2. The first-order valence-corrected chi connectivity index (χ1v) is 12.1. The summed E-state index contributed by atoms with van der Waals surface area (Å²) in [7, 11) is 0. The summed E-state index contributed by atoms with van der Waals surface area (Å²) in [5.74, 6) is 0.459. The molecule has 1 N–H and O–H groups in total. The molecule has 1 aliphatic carbocycles. The molecule has 1 unspecified atom stereocenters. The second kappa shape index (κ2) is 8.10. The zero-order chi connectivity index (χ0) is 22.5. The number of nitrogens with one attached hydrogen (secondary N) is 1. The van der Waals surface area contributed by atoms with Crippen molar-refractivity contribution in [2.75, 3.05) is 0 Å². The van der Waals surface area contributed by atoms with E-state index in [9.17, 15) is 9.59 Å². The van der Waals surface area contributed by atoms with Crippen LogP contribution in [0.2, 0.25) is 0 Å². The second-order valence-electron chi connectivity index (χ2n) is 9.47. The van der Waals surface area contributed by atoms with Gasteiger partial charge in [-0.2, -0.15) is 0 Å². The Bertz CT molecular complexity index is 1170. The number of amides is 2. The third kappa shape index (κ3) is 3.56. The predicted molar refractivity (Wildman–Crippen MR) is 126 cm³/mol. The van der Waals surface area contributed by atoms with Gasteiger partial charge in [-0.3, -0.25) is 9.59 Å². The molecular weight excluding hydrogens is 470 g/mol. The number of rotatable bonds is 4. The Kier molecular flexibility index (Phi) is 5.40. The highest BCUT2D eigenvalue weighted by Crippen LogP contribution is 2.35. The van der Waals surface area contributed by atoms with Crippen LogP contribution in [0.3, 0.4) is 0 Å². The zero-order valence-electron chi connectivity index (χ0n) is 18.4. The normalized spacial score (nSPS) is 25.7. The van der Waals surface area contributed by atoms with Gasteiger partial charge in [0.2, 0.25) is 5.91 Å². The Balaban J connectivity index is 1.52. The van der Waals surface area contributed by atoms with Gasteiger partial charge in [0.1, 0.15) is 11.2 Å². The fourth-order valence-corrected chi connectivity index (χ4v) is 5.47. The first kappa shape index (κ1) is 21.3. The van der Waals surface area contributed by atoms with E-state index < -0.39 is 5.54 Å². The van der Waals surface area contributed by atoms with Gasteiger partial charge in [-0.15, -0.1) is 0 Å². The van der Waals surface area contributed by atoms with Crippen molar-refractivity contribution in [3.63, 3.8) is 0 Å². The van der Waals surface area contributed by atoms with Crippen LogP contribution in [0.5, 0.6) is 0 Å². The molecule has 0 saturated heterocycles. The van der Waals surface area contributed by atoms with Gasteiger partial charge in [0, 0.05) is 29.2 Å². The minimum absolute atomic E-state index is 0.0894. The van der Waals surface area contributed by atoms with Crippen LogP contribution in [0.4, 0.5) is 0 Å². The monoisotopic (exact) mass is 497 g/mol. The molecule has 1 fully saturated rings. The fraction of sp³-hybridized carbons (Fsp3) is 0.440. The molecule has 7 heteroatoms. The van der Waals surface area contributed by atoms with Crippen molar-refractivity contribution in [3.8, 4) is 0 Å². The summed E-state index contributed by atoms with van der Waals surface area (Å²) in [4.78, 5) is 29.2. The average molecular weight is 498 g/mol. The minimum Gasteiger partial charge on any atom is -0.463 e. The Morgan fingerprint density at radius 3 is 2.72 bits per heavy atom. The molecule has 6 nitrogen and oxygen atoms in total. The molecule has 1 atom stereocenters. The molecule has 3 aromatic rings. The highest BCUT2D eigenvalue weighted by molar-refractivity contribution is 9.10. The number of aromatic nitrogens is 1. The maximum atomic E-state index is 13.8. The van der Waals surface area contributed by atoms with Crippen molar-refractivity contribution in [3.05, 3.63) is 58.4 Å². The van der Waals surface area contributed by atoms with Gasteiger partial charge in [0.15, 0.2) is 5.58 Å². The van der Waals surface area contributed by atoms with Crippen LogP contribution in [0.15, 0.2) is 51.6 Å². The van der Waals surface area contributed by atoms with Gasteiger partial charge >= 0.3 is 0 Å². The summed E-state index contributed by atoms with van der Waals surface area (Å²) in [6, 6.07) is 11.6. The second-order valence-corrected chi connectivity index (χ2v) is 10.3. The molecule has 1 aliphatic heterocycles. The van der Waals surface area contributed by atoms with Crippen LogP contribution >= 0.6 is 15.9 Å². The number of carbonyl (C=O) groups is 2. The van der Waals surface area contributed by atoms with E-state index in [0.717, 1.165) is 41.2 Å². The Hall–Kier alpha value is -2.54. The standard InChI is InChI=1S/C25H28BrN3O3/c1-16-7-9-18(10-8-16)27-24(31)25(2)15-28-20-11-12-32-22(20)13-21(28)23(30)29(25)14-17-5-3-4-6-19(17)26/h3-6,11-13,16,18H,7-10,14-15H2,1-2H3,(H,27,31). The zero-order valence-corrected chi connectivity index (χ0v) is 20.0. The summed E-state index contributed by atoms with van der Waals surface area (Å²) in [6.45, 7) is 4.88. The van der Waals surface area contributed by atoms with Gasteiger partial charge in [0.05, 0.1) is 18.3 Å². The van der Waals surface area contributed by atoms with Gasteiger partial charge in [-0.25, -0.2) is 0 Å². The van der Waals surface area contributed by atoms with Crippen molar-refractivity contribution in [2.45, 2.75) is 64.2 Å². The van der Waals surface area contributed by atoms with E-state index in [4.69, 9.17) is 4.42 Å². The van der Waals surface area contributed by atoms with E-state index in [1.54, 1.807) is 17.2 Å². The van der Waals surface area contributed by atoms with Crippen molar-refractivity contribution >= 4 is 38.8 Å². The first-order valence-electron chi connectivity index (χ1n) is 11.3. The quantitative estimate of drug-likeness (QED) is 0.544. The summed E-state index contributed by atoms with van der Waals surface area (Å²) < 4.78 is 8.41. The van der Waals surface area contributed by atoms with Crippen molar-refractivity contribution in [2.24, 2.45) is 5.92 Å². The van der Waals surface area contributed by atoms with Crippen LogP contribution in [0, 0.1) is 5.92 Å². The smallest absolute Gasteiger partial charge is 0.271 e. The molecule has 3 heterocycles. The molecule has 0 radical (unpaired) electrons.